The number of amides is 4. The molecule has 2 heterocycles. The Morgan fingerprint density at radius 3 is 1.53 bits per heavy atom. The van der Waals surface area contributed by atoms with E-state index < -0.39 is 186 Å². The third kappa shape index (κ3) is 20.3. The monoisotopic (exact) mass is 988 g/mol. The van der Waals surface area contributed by atoms with E-state index in [0.29, 0.717) is 42.0 Å². The number of thioether (sulfide) groups is 2. The molecule has 31 heteroatoms. The van der Waals surface area contributed by atoms with Gasteiger partial charge >= 0.3 is 36.2 Å². The summed E-state index contributed by atoms with van der Waals surface area (Å²) in [7, 11) is 0. The van der Waals surface area contributed by atoms with Crippen LogP contribution in [0.15, 0.2) is 24.5 Å². The third-order valence-corrected chi connectivity index (χ3v) is 11.0. The summed E-state index contributed by atoms with van der Waals surface area (Å²) in [5.74, 6) is -14.7. The number of hydrogen-bond donors (Lipinski definition) is 10. The summed E-state index contributed by atoms with van der Waals surface area (Å²) in [5, 5.41) is 41.6. The summed E-state index contributed by atoms with van der Waals surface area (Å²) < 4.78 is 82.6. The molecule has 4 amide bonds. The highest BCUT2D eigenvalue weighted by Crippen LogP contribution is 2.38. The minimum absolute atomic E-state index is 0.424. The van der Waals surface area contributed by atoms with E-state index in [0.717, 1.165) is 6.07 Å². The van der Waals surface area contributed by atoms with E-state index in [1.165, 1.54) is 0 Å². The number of carbonyl (C=O) groups excluding carboxylic acids is 5. The van der Waals surface area contributed by atoms with Crippen molar-refractivity contribution in [1.82, 2.24) is 41.2 Å². The van der Waals surface area contributed by atoms with Crippen molar-refractivity contribution < 1.29 is 89.9 Å². The number of nitrogens with zero attached hydrogens (tertiary/aromatic N) is 4. The predicted octanol–water partition coefficient (Wildman–Crippen LogP) is -0.342. The number of ketones is 1. The molecule has 0 aliphatic rings. The number of nitrogens with one attached hydrogen (secondary N) is 4. The first kappa shape index (κ1) is 55.9. The Hall–Kier alpha value is -6.21. The second kappa shape index (κ2) is 26.1. The molecule has 23 nitrogen and oxygen atoms in total. The number of Topliss-reactive ketones (excluding diaryl/α,β-unsaturated/α-hetero) is 1. The van der Waals surface area contributed by atoms with Gasteiger partial charge in [0, 0.05) is 49.6 Å². The van der Waals surface area contributed by atoms with E-state index >= 15 is 0 Å². The Morgan fingerprint density at radius 2 is 1.09 bits per heavy atom. The normalized spacial score (nSPS) is 14.3. The molecule has 2 rings (SSSR count). The number of halogens is 6. The minimum Gasteiger partial charge on any atom is -0.480 e. The lowest BCUT2D eigenvalue weighted by atomic mass is 10.1. The summed E-state index contributed by atoms with van der Waals surface area (Å²) in [6.45, 7) is -1.94. The van der Waals surface area contributed by atoms with Crippen molar-refractivity contribution in [2.24, 2.45) is 11.5 Å². The average molecular weight is 989 g/mol. The van der Waals surface area contributed by atoms with Crippen molar-refractivity contribution in [2.45, 2.75) is 85.5 Å². The minimum atomic E-state index is -5.13. The van der Waals surface area contributed by atoms with Gasteiger partial charge in [0.25, 0.3) is 0 Å². The Bertz CT molecular complexity index is 1950. The summed E-state index contributed by atoms with van der Waals surface area (Å²) in [4.78, 5) is 124. The van der Waals surface area contributed by atoms with Crippen LogP contribution in [0.5, 0.6) is 0 Å². The van der Waals surface area contributed by atoms with Gasteiger partial charge in [0.1, 0.15) is 54.6 Å². The van der Waals surface area contributed by atoms with Crippen LogP contribution in [0.25, 0.3) is 0 Å². The molecule has 2 aromatic rings. The fraction of sp³-hybridized carbons (Fsp3) is 0.514. The zero-order chi connectivity index (χ0) is 49.9. The highest BCUT2D eigenvalue weighted by molar-refractivity contribution is 7.99. The number of carboxylic acids is 4. The van der Waals surface area contributed by atoms with Gasteiger partial charge in [-0.2, -0.15) is 26.3 Å². The van der Waals surface area contributed by atoms with Gasteiger partial charge < -0.3 is 53.2 Å². The second-order valence-corrected chi connectivity index (χ2v) is 16.1. The van der Waals surface area contributed by atoms with E-state index in [1.54, 1.807) is 0 Å². The van der Waals surface area contributed by atoms with E-state index in [-0.39, 0.29) is 0 Å². The lowest BCUT2D eigenvalue weighted by Gasteiger charge is -2.23. The maximum atomic E-state index is 13.9. The van der Waals surface area contributed by atoms with Crippen molar-refractivity contribution in [2.75, 3.05) is 24.6 Å². The highest BCUT2D eigenvalue weighted by Gasteiger charge is 2.37. The maximum Gasteiger partial charge on any atom is 0.451 e. The number of carboxylic acid groups (broad SMARTS) is 4. The lowest BCUT2D eigenvalue weighted by Crippen LogP contribution is -2.49. The van der Waals surface area contributed by atoms with Gasteiger partial charge in [0.15, 0.2) is 0 Å². The summed E-state index contributed by atoms with van der Waals surface area (Å²) >= 11 is 1.04. The molecule has 0 aliphatic heterocycles. The average Bonchev–Trinajstić information content (AvgIpc) is 3.23. The highest BCUT2D eigenvalue weighted by atomic mass is 32.2. The molecule has 0 aromatic carbocycles. The van der Waals surface area contributed by atoms with Crippen LogP contribution in [-0.4, -0.2) is 142 Å². The van der Waals surface area contributed by atoms with Gasteiger partial charge in [-0.25, -0.2) is 19.9 Å². The molecule has 12 N–H and O–H groups in total. The number of aromatic nitrogens is 4. The molecule has 2 unspecified atom stereocenters. The molecule has 0 radical (unpaired) electrons. The first-order valence-corrected chi connectivity index (χ1v) is 20.9. The molecule has 0 bridgehead atoms. The summed E-state index contributed by atoms with van der Waals surface area (Å²) in [6, 6.07) is -4.95. The van der Waals surface area contributed by atoms with Crippen LogP contribution in [0.2, 0.25) is 0 Å². The number of nitrogens with two attached hydrogens (primary N) is 2. The van der Waals surface area contributed by atoms with Crippen LogP contribution in [-0.2, 0) is 55.5 Å². The largest absolute Gasteiger partial charge is 0.480 e. The number of alkyl halides is 6. The van der Waals surface area contributed by atoms with E-state index in [1.807, 2.05) is 10.6 Å². The van der Waals surface area contributed by atoms with Crippen molar-refractivity contribution in [1.29, 1.82) is 0 Å². The van der Waals surface area contributed by atoms with Gasteiger partial charge in [0.05, 0.1) is 16.2 Å². The summed E-state index contributed by atoms with van der Waals surface area (Å²) in [5.41, 5.74) is 8.86. The Kier molecular flexibility index (Phi) is 22.1. The van der Waals surface area contributed by atoms with Crippen LogP contribution >= 0.6 is 23.5 Å². The molecule has 66 heavy (non-hydrogen) atoms. The molecular weight excluding hydrogens is 947 g/mol. The Balaban J connectivity index is 2.56. The maximum absolute atomic E-state index is 13.9. The van der Waals surface area contributed by atoms with Crippen molar-refractivity contribution in [3.63, 3.8) is 0 Å². The molecule has 0 saturated carbocycles. The van der Waals surface area contributed by atoms with Gasteiger partial charge in [-0.05, 0) is 25.0 Å². The van der Waals surface area contributed by atoms with Crippen molar-refractivity contribution >= 4 is 76.8 Å². The molecular formula is C35H42F6N10O13S2. The number of rotatable bonds is 28. The van der Waals surface area contributed by atoms with E-state index in [4.69, 9.17) is 31.9 Å². The number of carbonyl (C=O) groups is 9. The molecule has 364 valence electrons. The Labute approximate surface area is 376 Å². The van der Waals surface area contributed by atoms with Crippen LogP contribution in [0.1, 0.15) is 72.1 Å². The first-order valence-electron chi connectivity index (χ1n) is 18.8. The SMILES string of the molecule is N[C@H](CCC(=O)N[C@@H](CSC(CC(=O)CC(SC[C@H](NC(=O)CC[C@H](N)C(=O)O)C(=O)NCC(=O)O)c1ccnc(C(F)(F)F)n1)c1nccc(C(F)(F)F)n1)C(=O)NCC(=O)O)C(=O)O. The number of hydrogen-bond acceptors (Lipinski definition) is 17. The molecule has 0 saturated heterocycles. The predicted molar refractivity (Wildman–Crippen MR) is 214 cm³/mol. The molecule has 6 atom stereocenters. The van der Waals surface area contributed by atoms with Crippen molar-refractivity contribution in [3.05, 3.63) is 47.6 Å². The molecule has 0 spiro atoms. The van der Waals surface area contributed by atoms with E-state index in [2.05, 4.69) is 30.6 Å². The second-order valence-electron chi connectivity index (χ2n) is 13.6. The fourth-order valence-corrected chi connectivity index (χ4v) is 7.55. The first-order chi connectivity index (χ1) is 30.7. The molecule has 0 fully saturated rings. The molecule has 0 aliphatic carbocycles. The lowest BCUT2D eigenvalue weighted by molar-refractivity contribution is -0.145. The number of aliphatic carboxylic acids is 4. The van der Waals surface area contributed by atoms with Crippen LogP contribution in [0.4, 0.5) is 26.3 Å². The topological polar surface area (TPSA) is 386 Å². The van der Waals surface area contributed by atoms with Crippen molar-refractivity contribution in [3.8, 4) is 0 Å². The van der Waals surface area contributed by atoms with Gasteiger partial charge in [-0.1, -0.05) is 0 Å². The zero-order valence-corrected chi connectivity index (χ0v) is 35.5. The standard InChI is InChI=1S/C35H42F6N10O13S2/c36-34(37,38)23-6-8-44-28(51-23)22(66-14-20(30(60)47-12-27(57)58)49-25(54)4-2-17(43)32(63)64)10-15(52)9-21(18-5-7-45-33(50-18)35(39,40)41)65-13-19(29(59)46-11-26(55)56)48-24(53)3-1-16(42)31(61)62/h5-8,16-17,19-22H,1-4,9-14,42-43H2,(H,46,59)(H,47,60)(H,48,53)(H,49,54)(H,55,56)(H,57,58)(H,61,62)(H,63,64)/t16-,17+,19-,20-,21?,22?/m0/s1. The third-order valence-electron chi connectivity index (χ3n) is 8.40. The van der Waals surface area contributed by atoms with Crippen LogP contribution < -0.4 is 32.7 Å². The van der Waals surface area contributed by atoms with Gasteiger partial charge in [-0.15, -0.1) is 23.5 Å². The van der Waals surface area contributed by atoms with Gasteiger partial charge in [0.2, 0.25) is 29.5 Å². The zero-order valence-electron chi connectivity index (χ0n) is 33.8. The molecule has 2 aromatic heterocycles. The van der Waals surface area contributed by atoms with Crippen LogP contribution in [0, 0.1) is 0 Å². The quantitative estimate of drug-likeness (QED) is 0.0487. The Morgan fingerprint density at radius 1 is 0.636 bits per heavy atom. The van der Waals surface area contributed by atoms with E-state index in [9.17, 15) is 69.5 Å². The smallest absolute Gasteiger partial charge is 0.451 e. The summed E-state index contributed by atoms with van der Waals surface area (Å²) in [6.07, 6.45) is -12.5. The van der Waals surface area contributed by atoms with Crippen LogP contribution in [0.3, 0.4) is 0 Å². The fourth-order valence-electron chi connectivity index (χ4n) is 5.06. The van der Waals surface area contributed by atoms with Gasteiger partial charge in [-0.3, -0.25) is 43.2 Å².